The highest BCUT2D eigenvalue weighted by molar-refractivity contribution is 5.79. The minimum atomic E-state index is -2.77. The van der Waals surface area contributed by atoms with Gasteiger partial charge >= 0.3 is 5.97 Å². The Labute approximate surface area is 127 Å². The monoisotopic (exact) mass is 314 g/mol. The molecule has 0 amide bonds. The van der Waals surface area contributed by atoms with Gasteiger partial charge in [0.1, 0.15) is 5.54 Å². The minimum Gasteiger partial charge on any atom is -0.481 e. The van der Waals surface area contributed by atoms with Gasteiger partial charge in [-0.2, -0.15) is 0 Å². The molecule has 0 aromatic carbocycles. The lowest BCUT2D eigenvalue weighted by molar-refractivity contribution is -0.150. The Morgan fingerprint density at radius 3 is 2.55 bits per heavy atom. The molecule has 22 heavy (non-hydrogen) atoms. The van der Waals surface area contributed by atoms with Crippen LogP contribution >= 0.6 is 0 Å². The summed E-state index contributed by atoms with van der Waals surface area (Å²) in [5.41, 5.74) is 0.165. The van der Waals surface area contributed by atoms with E-state index in [0.29, 0.717) is 11.6 Å². The molecule has 2 N–H and O–H groups in total. The maximum Gasteiger partial charge on any atom is 0.323 e. The minimum absolute atomic E-state index is 0.0989. The second-order valence-electron chi connectivity index (χ2n) is 5.73. The van der Waals surface area contributed by atoms with E-state index in [4.69, 9.17) is 4.74 Å². The number of halogens is 2. The zero-order chi connectivity index (χ0) is 16.4. The predicted octanol–water partition coefficient (Wildman–Crippen LogP) is 2.52. The van der Waals surface area contributed by atoms with Crippen molar-refractivity contribution in [2.24, 2.45) is 0 Å². The van der Waals surface area contributed by atoms with E-state index in [-0.39, 0.29) is 19.4 Å². The third-order valence-electron chi connectivity index (χ3n) is 4.15. The molecule has 1 aromatic heterocycles. The van der Waals surface area contributed by atoms with Crippen LogP contribution in [-0.4, -0.2) is 34.6 Å². The van der Waals surface area contributed by atoms with E-state index in [1.807, 2.05) is 13.0 Å². The number of aryl methyl sites for hydroxylation is 1. The molecule has 0 unspecified atom stereocenters. The molecule has 5 nitrogen and oxygen atoms in total. The molecule has 0 radical (unpaired) electrons. The summed E-state index contributed by atoms with van der Waals surface area (Å²) >= 11 is 0. The maximum absolute atomic E-state index is 13.3. The molecule has 0 spiro atoms. The van der Waals surface area contributed by atoms with Crippen molar-refractivity contribution in [3.05, 3.63) is 23.4 Å². The highest BCUT2D eigenvalue weighted by Crippen LogP contribution is 2.38. The Balaban J connectivity index is 2.09. The van der Waals surface area contributed by atoms with Crippen LogP contribution in [0.15, 0.2) is 12.1 Å². The largest absolute Gasteiger partial charge is 0.481 e. The van der Waals surface area contributed by atoms with Gasteiger partial charge in [0, 0.05) is 24.9 Å². The van der Waals surface area contributed by atoms with Gasteiger partial charge in [-0.15, -0.1) is 0 Å². The summed E-state index contributed by atoms with van der Waals surface area (Å²) in [5, 5.41) is 12.3. The van der Waals surface area contributed by atoms with Crippen LogP contribution in [0.4, 0.5) is 8.78 Å². The van der Waals surface area contributed by atoms with Gasteiger partial charge < -0.3 is 9.84 Å². The number of aliphatic carboxylic acids is 1. The number of methoxy groups -OCH3 is 1. The fraction of sp³-hybridized carbons (Fsp3) is 0.600. The third-order valence-corrected chi connectivity index (χ3v) is 4.15. The van der Waals surface area contributed by atoms with Crippen LogP contribution in [0.25, 0.3) is 0 Å². The maximum atomic E-state index is 13.3. The number of ether oxygens (including phenoxy) is 1. The molecule has 1 heterocycles. The average Bonchev–Trinajstić information content (AvgIpc) is 2.47. The Morgan fingerprint density at radius 1 is 1.36 bits per heavy atom. The van der Waals surface area contributed by atoms with Crippen molar-refractivity contribution in [3.63, 3.8) is 0 Å². The summed E-state index contributed by atoms with van der Waals surface area (Å²) < 4.78 is 31.7. The van der Waals surface area contributed by atoms with Gasteiger partial charge in [-0.1, -0.05) is 6.07 Å². The summed E-state index contributed by atoms with van der Waals surface area (Å²) in [6.07, 6.45) is -1.04. The van der Waals surface area contributed by atoms with Gasteiger partial charge in [0.15, 0.2) is 0 Å². The highest BCUT2D eigenvalue weighted by Gasteiger charge is 2.47. The van der Waals surface area contributed by atoms with Gasteiger partial charge in [-0.25, -0.2) is 13.8 Å². The molecule has 0 bridgehead atoms. The number of nitrogens with zero attached hydrogens (tertiary/aromatic N) is 1. The third kappa shape index (κ3) is 3.52. The van der Waals surface area contributed by atoms with Gasteiger partial charge in [-0.3, -0.25) is 10.1 Å². The van der Waals surface area contributed by atoms with Crippen LogP contribution in [-0.2, 0) is 11.3 Å². The number of hydrogen-bond acceptors (Lipinski definition) is 4. The number of carboxylic acids is 1. The second-order valence-corrected chi connectivity index (χ2v) is 5.73. The topological polar surface area (TPSA) is 71.5 Å². The standard InChI is InChI=1S/C15H20F2N2O3/c1-10-3-4-11(19-12(10)22-2)9-18-14(13(20)21)5-7-15(16,17)8-6-14/h3-4,18H,5-9H2,1-2H3,(H,20,21). The molecular weight excluding hydrogens is 294 g/mol. The Hall–Kier alpha value is -1.76. The molecule has 1 aromatic rings. The van der Waals surface area contributed by atoms with E-state index in [0.717, 1.165) is 5.56 Å². The van der Waals surface area contributed by atoms with E-state index in [1.54, 1.807) is 6.07 Å². The van der Waals surface area contributed by atoms with E-state index < -0.39 is 30.3 Å². The SMILES string of the molecule is COc1nc(CNC2(C(=O)O)CCC(F)(F)CC2)ccc1C. The number of nitrogens with one attached hydrogen (secondary N) is 1. The lowest BCUT2D eigenvalue weighted by Gasteiger charge is -2.37. The van der Waals surface area contributed by atoms with Crippen LogP contribution < -0.4 is 10.1 Å². The summed E-state index contributed by atoms with van der Waals surface area (Å²) in [6, 6.07) is 3.59. The van der Waals surface area contributed by atoms with Crippen LogP contribution in [0.5, 0.6) is 5.88 Å². The molecule has 0 saturated heterocycles. The van der Waals surface area contributed by atoms with Crippen molar-refractivity contribution in [3.8, 4) is 5.88 Å². The first kappa shape index (κ1) is 16.6. The molecule has 7 heteroatoms. The van der Waals surface area contributed by atoms with Gasteiger partial charge in [0.2, 0.25) is 11.8 Å². The number of pyridine rings is 1. The quantitative estimate of drug-likeness (QED) is 0.874. The summed E-state index contributed by atoms with van der Waals surface area (Å²) in [6.45, 7) is 2.04. The Morgan fingerprint density at radius 2 is 2.00 bits per heavy atom. The Kier molecular flexibility index (Phi) is 4.65. The van der Waals surface area contributed by atoms with E-state index in [2.05, 4.69) is 10.3 Å². The van der Waals surface area contributed by atoms with Crippen LogP contribution in [0.2, 0.25) is 0 Å². The normalized spacial score (nSPS) is 19.6. The van der Waals surface area contributed by atoms with Gasteiger partial charge in [0.05, 0.1) is 12.8 Å². The zero-order valence-electron chi connectivity index (χ0n) is 12.7. The highest BCUT2D eigenvalue weighted by atomic mass is 19.3. The number of alkyl halides is 2. The van der Waals surface area contributed by atoms with Crippen molar-refractivity contribution in [2.45, 2.75) is 50.6 Å². The van der Waals surface area contributed by atoms with E-state index in [1.165, 1.54) is 7.11 Å². The van der Waals surface area contributed by atoms with E-state index >= 15 is 0 Å². The van der Waals surface area contributed by atoms with Crippen molar-refractivity contribution >= 4 is 5.97 Å². The molecule has 1 fully saturated rings. The van der Waals surface area contributed by atoms with Gasteiger partial charge in [-0.05, 0) is 25.8 Å². The number of carbonyl (C=O) groups is 1. The smallest absolute Gasteiger partial charge is 0.323 e. The van der Waals surface area contributed by atoms with Crippen molar-refractivity contribution in [1.82, 2.24) is 10.3 Å². The molecule has 2 rings (SSSR count). The van der Waals surface area contributed by atoms with Gasteiger partial charge in [0.25, 0.3) is 0 Å². The summed E-state index contributed by atoms with van der Waals surface area (Å²) in [7, 11) is 1.51. The fourth-order valence-electron chi connectivity index (χ4n) is 2.62. The van der Waals surface area contributed by atoms with Crippen LogP contribution in [0, 0.1) is 6.92 Å². The lowest BCUT2D eigenvalue weighted by atomic mass is 9.80. The first-order valence-electron chi connectivity index (χ1n) is 7.15. The number of rotatable bonds is 5. The summed E-state index contributed by atoms with van der Waals surface area (Å²) in [5.74, 6) is -3.40. The number of aromatic nitrogens is 1. The predicted molar refractivity (Wildman–Crippen MR) is 76.1 cm³/mol. The molecular formula is C15H20F2N2O3. The van der Waals surface area contributed by atoms with Crippen LogP contribution in [0.3, 0.4) is 0 Å². The van der Waals surface area contributed by atoms with Crippen molar-refractivity contribution in [1.29, 1.82) is 0 Å². The molecule has 1 aliphatic rings. The molecule has 0 atom stereocenters. The van der Waals surface area contributed by atoms with Crippen molar-refractivity contribution in [2.75, 3.05) is 7.11 Å². The summed E-state index contributed by atoms with van der Waals surface area (Å²) in [4.78, 5) is 15.8. The Bertz CT molecular complexity index is 554. The number of carboxylic acid groups (broad SMARTS) is 1. The van der Waals surface area contributed by atoms with Crippen LogP contribution in [0.1, 0.15) is 36.9 Å². The molecule has 122 valence electrons. The average molecular weight is 314 g/mol. The molecule has 0 aliphatic heterocycles. The fourth-order valence-corrected chi connectivity index (χ4v) is 2.62. The number of hydrogen-bond donors (Lipinski definition) is 2. The lowest BCUT2D eigenvalue weighted by Crippen LogP contribution is -2.55. The van der Waals surface area contributed by atoms with Crippen molar-refractivity contribution < 1.29 is 23.4 Å². The first-order valence-corrected chi connectivity index (χ1v) is 7.15. The molecule has 1 saturated carbocycles. The zero-order valence-corrected chi connectivity index (χ0v) is 12.7. The molecule has 1 aliphatic carbocycles. The second kappa shape index (κ2) is 6.16. The van der Waals surface area contributed by atoms with E-state index in [9.17, 15) is 18.7 Å². The first-order chi connectivity index (χ1) is 10.3.